The average Bonchev–Trinajstić information content (AvgIpc) is 3.43. The van der Waals surface area contributed by atoms with E-state index in [4.69, 9.17) is 4.74 Å². The molecule has 0 radical (unpaired) electrons. The Labute approximate surface area is 213 Å². The number of ether oxygens (including phenoxy) is 1. The number of nitrogens with zero attached hydrogens (tertiary/aromatic N) is 2. The molecule has 0 amide bonds. The fraction of sp³-hybridized carbons (Fsp3) is 0.933. The van der Waals surface area contributed by atoms with Crippen molar-refractivity contribution in [3.05, 3.63) is 12.7 Å². The predicted octanol–water partition coefficient (Wildman–Crippen LogP) is 3.84. The molecule has 10 unspecified atom stereocenters. The summed E-state index contributed by atoms with van der Waals surface area (Å²) in [5.41, 5.74) is 0.387. The molecule has 2 saturated heterocycles. The molecule has 2 N–H and O–H groups in total. The highest BCUT2D eigenvalue weighted by atomic mass is 16.5. The van der Waals surface area contributed by atoms with E-state index in [2.05, 4.69) is 31.4 Å². The largest absolute Gasteiger partial charge is 0.391 e. The quantitative estimate of drug-likeness (QED) is 0.467. The minimum atomic E-state index is -0.187. The van der Waals surface area contributed by atoms with E-state index in [0.29, 0.717) is 29.3 Å². The normalized spacial score (nSPS) is 51.9. The zero-order valence-corrected chi connectivity index (χ0v) is 22.4. The SMILES string of the molecule is C=CC[N+]1(C2CC3C4CCC5CC(O)C(N6CCOCC6)CC5(C)C4CCC3(C)C2O)CCCC1. The van der Waals surface area contributed by atoms with Crippen LogP contribution in [0.2, 0.25) is 0 Å². The molecule has 0 aromatic heterocycles. The molecule has 35 heavy (non-hydrogen) atoms. The van der Waals surface area contributed by atoms with Crippen molar-refractivity contribution >= 4 is 0 Å². The van der Waals surface area contributed by atoms with Crippen LogP contribution in [0.4, 0.5) is 0 Å². The number of aliphatic hydroxyl groups is 2. The van der Waals surface area contributed by atoms with Crippen LogP contribution in [-0.4, -0.2) is 89.8 Å². The molecule has 10 atom stereocenters. The Balaban J connectivity index is 1.26. The molecular weight excluding hydrogens is 436 g/mol. The molecular formula is C30H51N2O3+. The first-order chi connectivity index (χ1) is 16.8. The average molecular weight is 488 g/mol. The van der Waals surface area contributed by atoms with Crippen LogP contribution in [0.25, 0.3) is 0 Å². The second kappa shape index (κ2) is 9.08. The van der Waals surface area contributed by atoms with E-state index >= 15 is 0 Å². The first kappa shape index (κ1) is 24.9. The van der Waals surface area contributed by atoms with E-state index in [1.807, 2.05) is 0 Å². The number of aliphatic hydroxyl groups excluding tert-OH is 2. The van der Waals surface area contributed by atoms with Crippen LogP contribution in [0.3, 0.4) is 0 Å². The van der Waals surface area contributed by atoms with Gasteiger partial charge in [0, 0.05) is 43.8 Å². The predicted molar refractivity (Wildman–Crippen MR) is 139 cm³/mol. The number of hydrogen-bond donors (Lipinski definition) is 2. The number of morpholine rings is 1. The van der Waals surface area contributed by atoms with Gasteiger partial charge in [-0.25, -0.2) is 0 Å². The first-order valence-electron chi connectivity index (χ1n) is 15.0. The van der Waals surface area contributed by atoms with Crippen LogP contribution in [0, 0.1) is 34.5 Å². The molecule has 4 aliphatic carbocycles. The van der Waals surface area contributed by atoms with Crippen molar-refractivity contribution in [3.8, 4) is 0 Å². The van der Waals surface area contributed by atoms with Crippen LogP contribution in [0.15, 0.2) is 12.7 Å². The minimum absolute atomic E-state index is 0.0713. The van der Waals surface area contributed by atoms with Gasteiger partial charge in [0.15, 0.2) is 0 Å². The standard InChI is InChI=1S/C30H51N2O3/c1-4-13-32(14-5-6-15-32)26-19-24-22-8-7-21-18-27(33)25(31-11-16-35-17-12-31)20-30(21,3)23(22)9-10-29(24,2)28(26)34/h4,21-28,33-34H,1,5-20H2,2-3H3/q+1. The lowest BCUT2D eigenvalue weighted by Gasteiger charge is -2.62. The van der Waals surface area contributed by atoms with Crippen LogP contribution < -0.4 is 0 Å². The molecule has 4 saturated carbocycles. The number of hydrogen-bond acceptors (Lipinski definition) is 4. The van der Waals surface area contributed by atoms with E-state index < -0.39 is 0 Å². The van der Waals surface area contributed by atoms with Crippen LogP contribution in [-0.2, 0) is 4.74 Å². The summed E-state index contributed by atoms with van der Waals surface area (Å²) in [6, 6.07) is 0.684. The van der Waals surface area contributed by atoms with Crippen molar-refractivity contribution in [2.24, 2.45) is 34.5 Å². The Kier molecular flexibility index (Phi) is 6.45. The van der Waals surface area contributed by atoms with Gasteiger partial charge in [0.1, 0.15) is 12.1 Å². The van der Waals surface area contributed by atoms with Gasteiger partial charge in [0.2, 0.25) is 0 Å². The molecule has 6 rings (SSSR count). The Morgan fingerprint density at radius 3 is 2.46 bits per heavy atom. The van der Waals surface area contributed by atoms with Crippen molar-refractivity contribution in [1.82, 2.24) is 4.90 Å². The molecule has 2 heterocycles. The Morgan fingerprint density at radius 1 is 1.00 bits per heavy atom. The topological polar surface area (TPSA) is 52.9 Å². The van der Waals surface area contributed by atoms with Gasteiger partial charge in [-0.3, -0.25) is 4.90 Å². The van der Waals surface area contributed by atoms with Crippen LogP contribution >= 0.6 is 0 Å². The molecule has 5 heteroatoms. The molecule has 0 spiro atoms. The van der Waals surface area contributed by atoms with E-state index in [9.17, 15) is 10.2 Å². The summed E-state index contributed by atoms with van der Waals surface area (Å²) in [7, 11) is 0. The van der Waals surface area contributed by atoms with Crippen molar-refractivity contribution < 1.29 is 19.4 Å². The monoisotopic (exact) mass is 487 g/mol. The highest BCUT2D eigenvalue weighted by Crippen LogP contribution is 2.67. The first-order valence-corrected chi connectivity index (χ1v) is 15.0. The maximum absolute atomic E-state index is 11.9. The van der Waals surface area contributed by atoms with Crippen molar-refractivity contribution in [2.45, 2.75) is 95.9 Å². The molecule has 0 aromatic carbocycles. The summed E-state index contributed by atoms with van der Waals surface area (Å²) in [5, 5.41) is 23.1. The number of quaternary nitrogens is 1. The summed E-state index contributed by atoms with van der Waals surface area (Å²) in [5.74, 6) is 2.78. The third-order valence-electron chi connectivity index (χ3n) is 12.8. The van der Waals surface area contributed by atoms with Crippen LogP contribution in [0.5, 0.6) is 0 Å². The highest BCUT2D eigenvalue weighted by Gasteiger charge is 2.66. The third kappa shape index (κ3) is 3.73. The van der Waals surface area contributed by atoms with Gasteiger partial charge in [-0.1, -0.05) is 20.4 Å². The van der Waals surface area contributed by atoms with Gasteiger partial charge < -0.3 is 19.4 Å². The molecule has 5 nitrogen and oxygen atoms in total. The second-order valence-corrected chi connectivity index (χ2v) is 14.0. The minimum Gasteiger partial charge on any atom is -0.391 e. The maximum Gasteiger partial charge on any atom is 0.116 e. The lowest BCUT2D eigenvalue weighted by atomic mass is 9.44. The van der Waals surface area contributed by atoms with E-state index in [-0.39, 0.29) is 17.6 Å². The second-order valence-electron chi connectivity index (χ2n) is 14.0. The molecule has 198 valence electrons. The van der Waals surface area contributed by atoms with E-state index in [0.717, 1.165) is 62.0 Å². The van der Waals surface area contributed by atoms with E-state index in [1.54, 1.807) is 0 Å². The molecule has 2 aliphatic heterocycles. The van der Waals surface area contributed by atoms with E-state index in [1.165, 1.54) is 58.0 Å². The summed E-state index contributed by atoms with van der Waals surface area (Å²) in [4.78, 5) is 2.54. The summed E-state index contributed by atoms with van der Waals surface area (Å²) in [6.07, 6.45) is 12.7. The van der Waals surface area contributed by atoms with Crippen molar-refractivity contribution in [2.75, 3.05) is 45.9 Å². The fourth-order valence-corrected chi connectivity index (χ4v) is 10.9. The van der Waals surface area contributed by atoms with Gasteiger partial charge in [-0.15, -0.1) is 0 Å². The van der Waals surface area contributed by atoms with Gasteiger partial charge in [0.05, 0.1) is 39.0 Å². The number of rotatable bonds is 4. The zero-order valence-electron chi connectivity index (χ0n) is 22.4. The number of likely N-dealkylation sites (tertiary alicyclic amines) is 1. The number of fused-ring (bicyclic) bond motifs is 5. The summed E-state index contributed by atoms with van der Waals surface area (Å²) < 4.78 is 6.73. The van der Waals surface area contributed by atoms with Crippen molar-refractivity contribution in [3.63, 3.8) is 0 Å². The van der Waals surface area contributed by atoms with Crippen LogP contribution in [0.1, 0.15) is 71.6 Å². The molecule has 0 aromatic rings. The lowest BCUT2D eigenvalue weighted by Crippen LogP contribution is -2.61. The zero-order chi connectivity index (χ0) is 24.4. The highest BCUT2D eigenvalue weighted by molar-refractivity contribution is 5.13. The smallest absolute Gasteiger partial charge is 0.116 e. The molecule has 0 bridgehead atoms. The summed E-state index contributed by atoms with van der Waals surface area (Å²) >= 11 is 0. The molecule has 6 fully saturated rings. The molecule has 6 aliphatic rings. The Hall–Kier alpha value is -0.460. The lowest BCUT2D eigenvalue weighted by molar-refractivity contribution is -0.938. The van der Waals surface area contributed by atoms with Gasteiger partial charge in [-0.2, -0.15) is 0 Å². The Bertz CT molecular complexity index is 792. The van der Waals surface area contributed by atoms with Gasteiger partial charge in [-0.05, 0) is 73.7 Å². The maximum atomic E-state index is 11.9. The van der Waals surface area contributed by atoms with Gasteiger partial charge in [0.25, 0.3) is 0 Å². The third-order valence-corrected chi connectivity index (χ3v) is 12.8. The summed E-state index contributed by atoms with van der Waals surface area (Å²) in [6.45, 7) is 16.2. The van der Waals surface area contributed by atoms with Gasteiger partial charge >= 0.3 is 0 Å². The fourth-order valence-electron chi connectivity index (χ4n) is 10.9. The van der Waals surface area contributed by atoms with Crippen molar-refractivity contribution in [1.29, 1.82) is 0 Å². The Morgan fingerprint density at radius 2 is 1.74 bits per heavy atom.